The number of hydrogen-bond acceptors (Lipinski definition) is 5. The fourth-order valence-electron chi connectivity index (χ4n) is 3.71. The SMILES string of the molecule is O=C(CSc1nc2c(cnn2-c2ccccc2)c(=O)[nH]1)Nc1ccc2c(c1)CCC2. The van der Waals surface area contributed by atoms with Gasteiger partial charge in [0.15, 0.2) is 10.8 Å². The number of nitrogens with zero attached hydrogens (tertiary/aromatic N) is 3. The number of amides is 1. The molecule has 0 spiro atoms. The van der Waals surface area contributed by atoms with Gasteiger partial charge in [0, 0.05) is 5.69 Å². The average molecular weight is 417 g/mol. The van der Waals surface area contributed by atoms with Gasteiger partial charge < -0.3 is 10.3 Å². The predicted octanol–water partition coefficient (Wildman–Crippen LogP) is 3.33. The summed E-state index contributed by atoms with van der Waals surface area (Å²) in [4.78, 5) is 32.1. The van der Waals surface area contributed by atoms with E-state index in [9.17, 15) is 9.59 Å². The van der Waals surface area contributed by atoms with Crippen LogP contribution in [0, 0.1) is 0 Å². The number of nitrogens with one attached hydrogen (secondary N) is 2. The van der Waals surface area contributed by atoms with Gasteiger partial charge >= 0.3 is 0 Å². The zero-order valence-corrected chi connectivity index (χ0v) is 16.9. The molecule has 2 aromatic heterocycles. The summed E-state index contributed by atoms with van der Waals surface area (Å²) < 4.78 is 1.62. The molecule has 0 fully saturated rings. The maximum absolute atomic E-state index is 12.4. The van der Waals surface area contributed by atoms with Gasteiger partial charge in [-0.25, -0.2) is 9.67 Å². The Kier molecular flexibility index (Phi) is 4.84. The fraction of sp³-hybridized carbons (Fsp3) is 0.182. The normalized spacial score (nSPS) is 12.8. The van der Waals surface area contributed by atoms with E-state index in [0.29, 0.717) is 16.2 Å². The van der Waals surface area contributed by atoms with Crippen molar-refractivity contribution in [2.45, 2.75) is 24.4 Å². The molecule has 0 aliphatic heterocycles. The van der Waals surface area contributed by atoms with Crippen molar-refractivity contribution in [1.29, 1.82) is 0 Å². The molecule has 1 aliphatic carbocycles. The van der Waals surface area contributed by atoms with E-state index >= 15 is 0 Å². The third kappa shape index (κ3) is 3.61. The van der Waals surface area contributed by atoms with Crippen LogP contribution in [0.2, 0.25) is 0 Å². The topological polar surface area (TPSA) is 92.7 Å². The number of aromatic amines is 1. The van der Waals surface area contributed by atoms with Gasteiger partial charge in [-0.05, 0) is 54.7 Å². The van der Waals surface area contributed by atoms with Gasteiger partial charge in [-0.1, -0.05) is 36.0 Å². The van der Waals surface area contributed by atoms with Crippen molar-refractivity contribution in [3.63, 3.8) is 0 Å². The first-order valence-electron chi connectivity index (χ1n) is 9.75. The van der Waals surface area contributed by atoms with E-state index in [2.05, 4.69) is 32.5 Å². The van der Waals surface area contributed by atoms with Gasteiger partial charge in [-0.15, -0.1) is 0 Å². The molecule has 0 saturated heterocycles. The van der Waals surface area contributed by atoms with Crippen LogP contribution in [-0.4, -0.2) is 31.4 Å². The van der Waals surface area contributed by atoms with Gasteiger partial charge in [0.25, 0.3) is 5.56 Å². The Balaban J connectivity index is 1.33. The summed E-state index contributed by atoms with van der Waals surface area (Å²) in [5.74, 6) is 0.00243. The maximum atomic E-state index is 12.4. The van der Waals surface area contributed by atoms with E-state index in [4.69, 9.17) is 0 Å². The molecule has 2 N–H and O–H groups in total. The minimum atomic E-state index is -0.274. The lowest BCUT2D eigenvalue weighted by molar-refractivity contribution is -0.113. The van der Waals surface area contributed by atoms with Crippen LogP contribution < -0.4 is 10.9 Å². The van der Waals surface area contributed by atoms with Gasteiger partial charge in [-0.2, -0.15) is 5.10 Å². The van der Waals surface area contributed by atoms with Gasteiger partial charge in [-0.3, -0.25) is 9.59 Å². The summed E-state index contributed by atoms with van der Waals surface area (Å²) in [6.45, 7) is 0. The molecule has 1 aliphatic rings. The van der Waals surface area contributed by atoms with E-state index in [1.54, 1.807) is 4.68 Å². The maximum Gasteiger partial charge on any atom is 0.262 e. The summed E-state index contributed by atoms with van der Waals surface area (Å²) in [5.41, 5.74) is 4.49. The minimum Gasteiger partial charge on any atom is -0.325 e. The number of rotatable bonds is 5. The third-order valence-corrected chi connectivity index (χ3v) is 6.01. The molecule has 0 unspecified atom stereocenters. The van der Waals surface area contributed by atoms with E-state index in [-0.39, 0.29) is 17.2 Å². The van der Waals surface area contributed by atoms with Crippen molar-refractivity contribution in [3.05, 3.63) is 76.2 Å². The Labute approximate surface area is 176 Å². The molecule has 2 aromatic carbocycles. The monoisotopic (exact) mass is 417 g/mol. The molecule has 0 atom stereocenters. The van der Waals surface area contributed by atoms with Gasteiger partial charge in [0.05, 0.1) is 17.6 Å². The molecular formula is C22H19N5O2S. The smallest absolute Gasteiger partial charge is 0.262 e. The van der Waals surface area contributed by atoms with Crippen LogP contribution in [0.1, 0.15) is 17.5 Å². The second-order valence-electron chi connectivity index (χ2n) is 7.17. The quantitative estimate of drug-likeness (QED) is 0.384. The summed E-state index contributed by atoms with van der Waals surface area (Å²) in [6.07, 6.45) is 4.85. The van der Waals surface area contributed by atoms with Crippen molar-refractivity contribution in [2.75, 3.05) is 11.1 Å². The molecule has 30 heavy (non-hydrogen) atoms. The fourth-order valence-corrected chi connectivity index (χ4v) is 4.36. The van der Waals surface area contributed by atoms with Crippen LogP contribution >= 0.6 is 11.8 Å². The molecular weight excluding hydrogens is 398 g/mol. The van der Waals surface area contributed by atoms with Crippen molar-refractivity contribution in [2.24, 2.45) is 0 Å². The van der Waals surface area contributed by atoms with Gasteiger partial charge in [0.2, 0.25) is 5.91 Å². The number of carbonyl (C=O) groups is 1. The molecule has 0 radical (unpaired) electrons. The van der Waals surface area contributed by atoms with Crippen LogP contribution in [0.4, 0.5) is 5.69 Å². The summed E-state index contributed by atoms with van der Waals surface area (Å²) >= 11 is 1.19. The second kappa shape index (κ2) is 7.79. The highest BCUT2D eigenvalue weighted by molar-refractivity contribution is 7.99. The van der Waals surface area contributed by atoms with E-state index in [0.717, 1.165) is 24.2 Å². The third-order valence-electron chi connectivity index (χ3n) is 5.14. The molecule has 0 saturated carbocycles. The van der Waals surface area contributed by atoms with Crippen molar-refractivity contribution >= 4 is 34.4 Å². The Hall–Kier alpha value is -3.39. The number of thioether (sulfide) groups is 1. The zero-order chi connectivity index (χ0) is 20.5. The molecule has 1 amide bonds. The summed E-state index contributed by atoms with van der Waals surface area (Å²) in [6, 6.07) is 15.6. The number of carbonyl (C=O) groups excluding carboxylic acids is 1. The van der Waals surface area contributed by atoms with E-state index in [1.807, 2.05) is 36.4 Å². The number of aryl methyl sites for hydroxylation is 2. The Bertz CT molecular complexity index is 1300. The number of H-pyrrole nitrogens is 1. The van der Waals surface area contributed by atoms with E-state index in [1.165, 1.54) is 35.5 Å². The lowest BCUT2D eigenvalue weighted by Crippen LogP contribution is -2.16. The summed E-state index contributed by atoms with van der Waals surface area (Å²) in [7, 11) is 0. The largest absolute Gasteiger partial charge is 0.325 e. The molecule has 5 rings (SSSR count). The number of anilines is 1. The first-order valence-corrected chi connectivity index (χ1v) is 10.7. The highest BCUT2D eigenvalue weighted by atomic mass is 32.2. The van der Waals surface area contributed by atoms with Crippen LogP contribution in [0.15, 0.2) is 64.7 Å². The zero-order valence-electron chi connectivity index (χ0n) is 16.1. The average Bonchev–Trinajstić information content (AvgIpc) is 3.40. The van der Waals surface area contributed by atoms with Crippen LogP contribution in [0.5, 0.6) is 0 Å². The molecule has 150 valence electrons. The number of aromatic nitrogens is 4. The van der Waals surface area contributed by atoms with Crippen LogP contribution in [0.3, 0.4) is 0 Å². The first kappa shape index (κ1) is 18.6. The predicted molar refractivity (Wildman–Crippen MR) is 117 cm³/mol. The summed E-state index contributed by atoms with van der Waals surface area (Å²) in [5, 5.41) is 8.01. The number of para-hydroxylation sites is 1. The lowest BCUT2D eigenvalue weighted by atomic mass is 10.1. The Morgan fingerprint density at radius 3 is 2.83 bits per heavy atom. The van der Waals surface area contributed by atoms with Crippen LogP contribution in [-0.2, 0) is 17.6 Å². The Morgan fingerprint density at radius 2 is 1.97 bits per heavy atom. The van der Waals surface area contributed by atoms with Crippen molar-refractivity contribution < 1.29 is 4.79 Å². The highest BCUT2D eigenvalue weighted by Gasteiger charge is 2.14. The molecule has 8 heteroatoms. The van der Waals surface area contributed by atoms with Crippen molar-refractivity contribution in [1.82, 2.24) is 19.7 Å². The van der Waals surface area contributed by atoms with Crippen LogP contribution in [0.25, 0.3) is 16.7 Å². The minimum absolute atomic E-state index is 0.141. The highest BCUT2D eigenvalue weighted by Crippen LogP contribution is 2.25. The number of fused-ring (bicyclic) bond motifs is 2. The molecule has 7 nitrogen and oxygen atoms in total. The number of benzene rings is 2. The lowest BCUT2D eigenvalue weighted by Gasteiger charge is -2.07. The van der Waals surface area contributed by atoms with E-state index < -0.39 is 0 Å². The first-order chi connectivity index (χ1) is 14.7. The van der Waals surface area contributed by atoms with Crippen molar-refractivity contribution in [3.8, 4) is 5.69 Å². The van der Waals surface area contributed by atoms with Gasteiger partial charge in [0.1, 0.15) is 5.39 Å². The number of hydrogen-bond donors (Lipinski definition) is 2. The molecule has 0 bridgehead atoms. The molecule has 4 aromatic rings. The standard InChI is InChI=1S/C22H19N5O2S/c28-19(24-16-10-9-14-5-4-6-15(14)11-16)13-30-22-25-20-18(21(29)26-22)12-23-27(20)17-7-2-1-3-8-17/h1-3,7-12H,4-6,13H2,(H,24,28)(H,25,26,29). The second-order valence-corrected chi connectivity index (χ2v) is 8.14. The Morgan fingerprint density at radius 1 is 1.13 bits per heavy atom. The molecule has 2 heterocycles.